The zero-order valence-electron chi connectivity index (χ0n) is 14.2. The van der Waals surface area contributed by atoms with Crippen LogP contribution in [0, 0.1) is 11.7 Å². The van der Waals surface area contributed by atoms with Gasteiger partial charge in [-0.25, -0.2) is 4.39 Å². The van der Waals surface area contributed by atoms with E-state index in [-0.39, 0.29) is 17.6 Å². The van der Waals surface area contributed by atoms with Gasteiger partial charge in [-0.05, 0) is 30.5 Å². The van der Waals surface area contributed by atoms with E-state index in [1.807, 2.05) is 13.0 Å². The number of carbonyl (C=O) groups excluding carboxylic acids is 1. The maximum absolute atomic E-state index is 13.8. The molecule has 0 radical (unpaired) electrons. The molecule has 1 atom stereocenters. The maximum atomic E-state index is 13.8. The number of halogens is 2. The van der Waals surface area contributed by atoms with Gasteiger partial charge in [-0.1, -0.05) is 71.8 Å². The van der Waals surface area contributed by atoms with Gasteiger partial charge in [0, 0.05) is 16.1 Å². The average Bonchev–Trinajstić information content (AvgIpc) is 3.02. The van der Waals surface area contributed by atoms with E-state index in [1.54, 1.807) is 6.07 Å². The van der Waals surface area contributed by atoms with Crippen molar-refractivity contribution in [3.8, 4) is 0 Å². The standard InChI is InChI=1S/C17H21BrFN3OS2/c1-3-5-6-11(4-2)15(23)20-16-21-22-17(25-16)24-10-12-7-8-13(18)9-14(12)19/h7-9,11H,3-6,10H2,1-2H3,(H,20,21,23)/t11-/m1/s1. The molecule has 25 heavy (non-hydrogen) atoms. The second kappa shape index (κ2) is 10.2. The molecule has 2 aromatic rings. The molecule has 1 aromatic heterocycles. The van der Waals surface area contributed by atoms with Crippen LogP contribution in [-0.4, -0.2) is 16.1 Å². The number of hydrogen-bond donors (Lipinski definition) is 1. The smallest absolute Gasteiger partial charge is 0.229 e. The molecular weight excluding hydrogens is 425 g/mol. The van der Waals surface area contributed by atoms with Crippen LogP contribution in [-0.2, 0) is 10.5 Å². The van der Waals surface area contributed by atoms with E-state index >= 15 is 0 Å². The Kier molecular flexibility index (Phi) is 8.32. The largest absolute Gasteiger partial charge is 0.300 e. The lowest BCUT2D eigenvalue weighted by Gasteiger charge is -2.12. The first-order valence-electron chi connectivity index (χ1n) is 8.24. The van der Waals surface area contributed by atoms with E-state index in [0.717, 1.165) is 25.7 Å². The summed E-state index contributed by atoms with van der Waals surface area (Å²) in [6, 6.07) is 5.00. The molecule has 2 rings (SSSR count). The Labute approximate surface area is 164 Å². The molecule has 1 aromatic carbocycles. The molecule has 0 fully saturated rings. The van der Waals surface area contributed by atoms with Gasteiger partial charge in [0.2, 0.25) is 11.0 Å². The lowest BCUT2D eigenvalue weighted by Crippen LogP contribution is -2.22. The van der Waals surface area contributed by atoms with Gasteiger partial charge in [0.05, 0.1) is 0 Å². The van der Waals surface area contributed by atoms with Crippen LogP contribution in [0.5, 0.6) is 0 Å². The van der Waals surface area contributed by atoms with Crippen LogP contribution in [0.2, 0.25) is 0 Å². The second-order valence-corrected chi connectivity index (χ2v) is 8.75. The minimum Gasteiger partial charge on any atom is -0.300 e. The summed E-state index contributed by atoms with van der Waals surface area (Å²) in [4.78, 5) is 12.3. The molecule has 1 N–H and O–H groups in total. The highest BCUT2D eigenvalue weighted by Crippen LogP contribution is 2.30. The van der Waals surface area contributed by atoms with Gasteiger partial charge < -0.3 is 5.32 Å². The summed E-state index contributed by atoms with van der Waals surface area (Å²) in [6.07, 6.45) is 3.83. The molecule has 136 valence electrons. The fourth-order valence-electron chi connectivity index (χ4n) is 2.28. The molecule has 1 heterocycles. The van der Waals surface area contributed by atoms with E-state index in [0.29, 0.717) is 25.3 Å². The predicted molar refractivity (Wildman–Crippen MR) is 106 cm³/mol. The third-order valence-electron chi connectivity index (χ3n) is 3.77. The highest BCUT2D eigenvalue weighted by atomic mass is 79.9. The van der Waals surface area contributed by atoms with Crippen molar-refractivity contribution in [1.29, 1.82) is 0 Å². The van der Waals surface area contributed by atoms with E-state index in [9.17, 15) is 9.18 Å². The number of amides is 1. The topological polar surface area (TPSA) is 54.9 Å². The van der Waals surface area contributed by atoms with Crippen LogP contribution in [0.3, 0.4) is 0 Å². The van der Waals surface area contributed by atoms with Crippen molar-refractivity contribution in [3.05, 3.63) is 34.1 Å². The first-order chi connectivity index (χ1) is 12.0. The van der Waals surface area contributed by atoms with Crippen molar-refractivity contribution in [1.82, 2.24) is 10.2 Å². The summed E-state index contributed by atoms with van der Waals surface area (Å²) < 4.78 is 15.3. The number of carbonyl (C=O) groups is 1. The monoisotopic (exact) mass is 445 g/mol. The fraction of sp³-hybridized carbons (Fsp3) is 0.471. The van der Waals surface area contributed by atoms with Crippen molar-refractivity contribution < 1.29 is 9.18 Å². The Morgan fingerprint density at radius 3 is 2.88 bits per heavy atom. The minimum atomic E-state index is -0.248. The van der Waals surface area contributed by atoms with Gasteiger partial charge in [-0.2, -0.15) is 0 Å². The Bertz CT molecular complexity index is 711. The Balaban J connectivity index is 1.90. The van der Waals surface area contributed by atoms with Crippen LogP contribution in [0.25, 0.3) is 0 Å². The molecule has 4 nitrogen and oxygen atoms in total. The lowest BCUT2D eigenvalue weighted by atomic mass is 9.99. The van der Waals surface area contributed by atoms with Gasteiger partial charge in [-0.15, -0.1) is 10.2 Å². The summed E-state index contributed by atoms with van der Waals surface area (Å²) in [5.74, 6) is 0.233. The maximum Gasteiger partial charge on any atom is 0.229 e. The van der Waals surface area contributed by atoms with Crippen LogP contribution >= 0.6 is 39.0 Å². The molecular formula is C17H21BrFN3OS2. The summed E-state index contributed by atoms with van der Waals surface area (Å²) in [6.45, 7) is 4.14. The van der Waals surface area contributed by atoms with Crippen molar-refractivity contribution in [2.45, 2.75) is 49.6 Å². The number of unbranched alkanes of at least 4 members (excludes halogenated alkanes) is 1. The van der Waals surface area contributed by atoms with Crippen molar-refractivity contribution in [3.63, 3.8) is 0 Å². The number of anilines is 1. The summed E-state index contributed by atoms with van der Waals surface area (Å²) >= 11 is 5.97. The highest BCUT2D eigenvalue weighted by Gasteiger charge is 2.18. The number of nitrogens with zero attached hydrogens (tertiary/aromatic N) is 2. The van der Waals surface area contributed by atoms with Crippen LogP contribution in [0.15, 0.2) is 27.0 Å². The van der Waals surface area contributed by atoms with Gasteiger partial charge >= 0.3 is 0 Å². The Morgan fingerprint density at radius 2 is 2.20 bits per heavy atom. The molecule has 0 aliphatic heterocycles. The number of hydrogen-bond acceptors (Lipinski definition) is 5. The first-order valence-corrected chi connectivity index (χ1v) is 10.8. The van der Waals surface area contributed by atoms with Gasteiger partial charge in [0.25, 0.3) is 0 Å². The second-order valence-electron chi connectivity index (χ2n) is 5.63. The van der Waals surface area contributed by atoms with E-state index in [1.165, 1.54) is 29.2 Å². The van der Waals surface area contributed by atoms with Crippen LogP contribution < -0.4 is 5.32 Å². The molecule has 0 spiro atoms. The van der Waals surface area contributed by atoms with Crippen molar-refractivity contribution in [2.75, 3.05) is 5.32 Å². The van der Waals surface area contributed by atoms with Gasteiger partial charge in [0.1, 0.15) is 5.82 Å². The molecule has 8 heteroatoms. The van der Waals surface area contributed by atoms with Crippen LogP contribution in [0.4, 0.5) is 9.52 Å². The summed E-state index contributed by atoms with van der Waals surface area (Å²) in [5.41, 5.74) is 0.611. The van der Waals surface area contributed by atoms with E-state index in [4.69, 9.17) is 0 Å². The van der Waals surface area contributed by atoms with E-state index in [2.05, 4.69) is 38.4 Å². The SMILES string of the molecule is CCCC[C@@H](CC)C(=O)Nc1nnc(SCc2ccc(Br)cc2F)s1. The number of benzene rings is 1. The lowest BCUT2D eigenvalue weighted by molar-refractivity contribution is -0.120. The summed E-state index contributed by atoms with van der Waals surface area (Å²) in [5, 5.41) is 11.4. The fourth-order valence-corrected chi connectivity index (χ4v) is 4.35. The van der Waals surface area contributed by atoms with Crippen LogP contribution in [0.1, 0.15) is 45.1 Å². The number of nitrogens with one attached hydrogen (secondary N) is 1. The molecule has 0 saturated heterocycles. The molecule has 0 aliphatic carbocycles. The van der Waals surface area contributed by atoms with Gasteiger partial charge in [-0.3, -0.25) is 4.79 Å². The molecule has 1 amide bonds. The third-order valence-corrected chi connectivity index (χ3v) is 6.29. The quantitative estimate of drug-likeness (QED) is 0.386. The zero-order valence-corrected chi connectivity index (χ0v) is 17.4. The van der Waals surface area contributed by atoms with Gasteiger partial charge in [0.15, 0.2) is 4.34 Å². The molecule has 0 bridgehead atoms. The number of thioether (sulfide) groups is 1. The number of aromatic nitrogens is 2. The zero-order chi connectivity index (χ0) is 18.2. The number of rotatable bonds is 9. The summed E-state index contributed by atoms with van der Waals surface area (Å²) in [7, 11) is 0. The molecule has 0 saturated carbocycles. The first kappa shape index (κ1) is 20.3. The van der Waals surface area contributed by atoms with E-state index < -0.39 is 0 Å². The average molecular weight is 446 g/mol. The Hall–Kier alpha value is -0.990. The molecule has 0 aliphatic rings. The normalized spacial score (nSPS) is 12.2. The highest BCUT2D eigenvalue weighted by molar-refractivity contribution is 9.10. The minimum absolute atomic E-state index is 0.00241. The Morgan fingerprint density at radius 1 is 1.40 bits per heavy atom. The van der Waals surface area contributed by atoms with Crippen molar-refractivity contribution in [2.24, 2.45) is 5.92 Å². The third kappa shape index (κ3) is 6.34. The predicted octanol–water partition coefficient (Wildman–Crippen LogP) is 5.89. The molecule has 0 unspecified atom stereocenters. The van der Waals surface area contributed by atoms with Crippen molar-refractivity contribution >= 4 is 50.1 Å².